The van der Waals surface area contributed by atoms with Gasteiger partial charge in [-0.3, -0.25) is 4.79 Å². The van der Waals surface area contributed by atoms with Crippen LogP contribution in [0.15, 0.2) is 47.4 Å². The minimum absolute atomic E-state index is 0.0901. The van der Waals surface area contributed by atoms with Gasteiger partial charge in [0.2, 0.25) is 15.9 Å². The number of benzene rings is 2. The fourth-order valence-electron chi connectivity index (χ4n) is 1.80. The molecule has 1 amide bonds. The average molecular weight is 294 g/mol. The molecule has 0 radical (unpaired) electrons. The van der Waals surface area contributed by atoms with Crippen LogP contribution in [0, 0.1) is 0 Å². The second kappa shape index (κ2) is 5.58. The Hall–Kier alpha value is -1.96. The van der Waals surface area contributed by atoms with Gasteiger partial charge < -0.3 is 10.8 Å². The Balaban J connectivity index is 2.35. The van der Waals surface area contributed by atoms with Crippen LogP contribution in [0.25, 0.3) is 10.8 Å². The molecule has 2 aromatic rings. The van der Waals surface area contributed by atoms with Crippen molar-refractivity contribution in [2.24, 2.45) is 5.73 Å². The van der Waals surface area contributed by atoms with E-state index in [-0.39, 0.29) is 4.90 Å². The standard InChI is InChI=1S/C13H14N2O4S/c14-13(17)11(16)8-15-20(18,19)12-7-3-5-9-4-1-2-6-10(9)12/h1-7,11,15-16H,8H2,(H2,14,17). The Labute approximate surface area is 116 Å². The number of primary amides is 1. The van der Waals surface area contributed by atoms with Gasteiger partial charge in [0.15, 0.2) is 0 Å². The number of hydrogen-bond donors (Lipinski definition) is 3. The lowest BCUT2D eigenvalue weighted by Crippen LogP contribution is -2.39. The summed E-state index contributed by atoms with van der Waals surface area (Å²) in [6.07, 6.45) is -1.56. The lowest BCUT2D eigenvalue weighted by molar-refractivity contribution is -0.125. The number of rotatable bonds is 5. The van der Waals surface area contributed by atoms with E-state index in [0.29, 0.717) is 5.39 Å². The Morgan fingerprint density at radius 3 is 2.55 bits per heavy atom. The van der Waals surface area contributed by atoms with Crippen LogP contribution in [0.2, 0.25) is 0 Å². The summed E-state index contributed by atoms with van der Waals surface area (Å²) < 4.78 is 26.6. The van der Waals surface area contributed by atoms with Crippen LogP contribution in [-0.2, 0) is 14.8 Å². The number of aliphatic hydroxyl groups is 1. The van der Waals surface area contributed by atoms with Gasteiger partial charge in [0, 0.05) is 11.9 Å². The molecule has 0 aliphatic rings. The van der Waals surface area contributed by atoms with E-state index in [1.54, 1.807) is 30.3 Å². The third kappa shape index (κ3) is 2.96. The van der Waals surface area contributed by atoms with Gasteiger partial charge in [0.1, 0.15) is 6.10 Å². The molecule has 20 heavy (non-hydrogen) atoms. The van der Waals surface area contributed by atoms with Crippen molar-refractivity contribution in [2.45, 2.75) is 11.0 Å². The van der Waals surface area contributed by atoms with E-state index in [2.05, 4.69) is 4.72 Å². The topological polar surface area (TPSA) is 109 Å². The van der Waals surface area contributed by atoms with Crippen LogP contribution >= 0.6 is 0 Å². The Morgan fingerprint density at radius 1 is 1.20 bits per heavy atom. The van der Waals surface area contributed by atoms with E-state index in [1.165, 1.54) is 6.07 Å². The van der Waals surface area contributed by atoms with Crippen LogP contribution in [0.5, 0.6) is 0 Å². The van der Waals surface area contributed by atoms with Crippen molar-refractivity contribution in [1.29, 1.82) is 0 Å². The number of nitrogens with two attached hydrogens (primary N) is 1. The van der Waals surface area contributed by atoms with Gasteiger partial charge in [0.05, 0.1) is 4.90 Å². The monoisotopic (exact) mass is 294 g/mol. The number of carbonyl (C=O) groups excluding carboxylic acids is 1. The molecule has 106 valence electrons. The van der Waals surface area contributed by atoms with Gasteiger partial charge in [-0.25, -0.2) is 13.1 Å². The molecule has 6 nitrogen and oxygen atoms in total. The van der Waals surface area contributed by atoms with Crippen molar-refractivity contribution in [1.82, 2.24) is 4.72 Å². The third-order valence-electron chi connectivity index (χ3n) is 2.83. The first-order valence-corrected chi connectivity index (χ1v) is 7.35. The maximum Gasteiger partial charge on any atom is 0.247 e. The van der Waals surface area contributed by atoms with Gasteiger partial charge >= 0.3 is 0 Å². The number of amides is 1. The molecule has 0 fully saturated rings. The summed E-state index contributed by atoms with van der Waals surface area (Å²) in [5.41, 5.74) is 4.87. The molecule has 0 bridgehead atoms. The van der Waals surface area contributed by atoms with Crippen molar-refractivity contribution in [3.05, 3.63) is 42.5 Å². The molecule has 0 saturated heterocycles. The highest BCUT2D eigenvalue weighted by Crippen LogP contribution is 2.22. The number of nitrogens with one attached hydrogen (secondary N) is 1. The number of aliphatic hydroxyl groups excluding tert-OH is 1. The quantitative estimate of drug-likeness (QED) is 0.719. The predicted octanol–water partition coefficient (Wildman–Crippen LogP) is -0.0357. The van der Waals surface area contributed by atoms with E-state index in [0.717, 1.165) is 5.39 Å². The zero-order chi connectivity index (χ0) is 14.8. The van der Waals surface area contributed by atoms with E-state index < -0.39 is 28.6 Å². The summed E-state index contributed by atoms with van der Waals surface area (Å²) in [4.78, 5) is 10.8. The zero-order valence-electron chi connectivity index (χ0n) is 10.5. The van der Waals surface area contributed by atoms with Gasteiger partial charge in [-0.15, -0.1) is 0 Å². The van der Waals surface area contributed by atoms with Crippen molar-refractivity contribution in [3.63, 3.8) is 0 Å². The molecule has 4 N–H and O–H groups in total. The van der Waals surface area contributed by atoms with Crippen LogP contribution in [0.1, 0.15) is 0 Å². The first kappa shape index (κ1) is 14.4. The van der Waals surface area contributed by atoms with Crippen LogP contribution in [0.4, 0.5) is 0 Å². The van der Waals surface area contributed by atoms with Gasteiger partial charge in [-0.05, 0) is 11.5 Å². The molecule has 0 aliphatic carbocycles. The number of sulfonamides is 1. The minimum atomic E-state index is -3.83. The second-order valence-electron chi connectivity index (χ2n) is 4.25. The summed E-state index contributed by atoms with van der Waals surface area (Å²) in [7, 11) is -3.83. The molecule has 1 atom stereocenters. The first-order valence-electron chi connectivity index (χ1n) is 5.86. The zero-order valence-corrected chi connectivity index (χ0v) is 11.3. The molecule has 0 saturated carbocycles. The molecule has 0 heterocycles. The highest BCUT2D eigenvalue weighted by molar-refractivity contribution is 7.89. The highest BCUT2D eigenvalue weighted by atomic mass is 32.2. The van der Waals surface area contributed by atoms with Crippen LogP contribution in [0.3, 0.4) is 0 Å². The lowest BCUT2D eigenvalue weighted by Gasteiger charge is -2.11. The third-order valence-corrected chi connectivity index (χ3v) is 4.32. The fraction of sp³-hybridized carbons (Fsp3) is 0.154. The second-order valence-corrected chi connectivity index (χ2v) is 5.98. The summed E-state index contributed by atoms with van der Waals surface area (Å²) in [6, 6.07) is 11.9. The number of hydrogen-bond acceptors (Lipinski definition) is 4. The van der Waals surface area contributed by atoms with Crippen molar-refractivity contribution < 1.29 is 18.3 Å². The molecular weight excluding hydrogens is 280 g/mol. The molecule has 2 rings (SSSR count). The van der Waals surface area contributed by atoms with E-state index >= 15 is 0 Å². The van der Waals surface area contributed by atoms with Crippen LogP contribution in [-0.4, -0.2) is 32.1 Å². The number of fused-ring (bicyclic) bond motifs is 1. The SMILES string of the molecule is NC(=O)C(O)CNS(=O)(=O)c1cccc2ccccc12. The highest BCUT2D eigenvalue weighted by Gasteiger charge is 2.20. The minimum Gasteiger partial charge on any atom is -0.382 e. The molecule has 2 aromatic carbocycles. The molecular formula is C13H14N2O4S. The number of carbonyl (C=O) groups is 1. The lowest BCUT2D eigenvalue weighted by atomic mass is 10.1. The average Bonchev–Trinajstić information content (AvgIpc) is 2.44. The van der Waals surface area contributed by atoms with Crippen molar-refractivity contribution in [3.8, 4) is 0 Å². The Bertz CT molecular complexity index is 738. The van der Waals surface area contributed by atoms with Gasteiger partial charge in [-0.1, -0.05) is 36.4 Å². The summed E-state index contributed by atoms with van der Waals surface area (Å²) in [6.45, 7) is -0.457. The Kier molecular flexibility index (Phi) is 4.03. The van der Waals surface area contributed by atoms with Crippen molar-refractivity contribution >= 4 is 26.7 Å². The molecule has 0 aliphatic heterocycles. The summed E-state index contributed by atoms with van der Waals surface area (Å²) in [5.74, 6) is -0.981. The molecule has 0 spiro atoms. The molecule has 7 heteroatoms. The molecule has 1 unspecified atom stereocenters. The predicted molar refractivity (Wildman–Crippen MR) is 74.3 cm³/mol. The largest absolute Gasteiger partial charge is 0.382 e. The van der Waals surface area contributed by atoms with Gasteiger partial charge in [0.25, 0.3) is 0 Å². The van der Waals surface area contributed by atoms with E-state index in [4.69, 9.17) is 5.73 Å². The van der Waals surface area contributed by atoms with Crippen molar-refractivity contribution in [2.75, 3.05) is 6.54 Å². The van der Waals surface area contributed by atoms with E-state index in [9.17, 15) is 18.3 Å². The fourth-order valence-corrected chi connectivity index (χ4v) is 3.06. The normalized spacial score (nSPS) is 13.2. The first-order chi connectivity index (χ1) is 9.42. The smallest absolute Gasteiger partial charge is 0.247 e. The van der Waals surface area contributed by atoms with Gasteiger partial charge in [-0.2, -0.15) is 0 Å². The van der Waals surface area contributed by atoms with E-state index in [1.807, 2.05) is 6.07 Å². The molecule has 0 aromatic heterocycles. The Morgan fingerprint density at radius 2 is 1.85 bits per heavy atom. The maximum absolute atomic E-state index is 12.2. The summed E-state index contributed by atoms with van der Waals surface area (Å²) in [5, 5.41) is 10.6. The summed E-state index contributed by atoms with van der Waals surface area (Å²) >= 11 is 0. The maximum atomic E-state index is 12.2. The van der Waals surface area contributed by atoms with Crippen LogP contribution < -0.4 is 10.5 Å².